The lowest BCUT2D eigenvalue weighted by atomic mass is 10.0. The molecule has 96 valence electrons. The molecule has 0 fully saturated rings. The summed E-state index contributed by atoms with van der Waals surface area (Å²) >= 11 is 0. The molecule has 0 saturated carbocycles. The molecule has 3 aromatic rings. The Balaban J connectivity index is 2.33. The number of rotatable bonds is 1. The van der Waals surface area contributed by atoms with Crippen LogP contribution in [0.15, 0.2) is 30.7 Å². The highest BCUT2D eigenvalue weighted by atomic mass is 15.0. The molecule has 0 bridgehead atoms. The number of aromatic nitrogens is 3. The van der Waals surface area contributed by atoms with Gasteiger partial charge in [-0.2, -0.15) is 0 Å². The molecule has 2 aromatic heterocycles. The van der Waals surface area contributed by atoms with Gasteiger partial charge in [0.15, 0.2) is 0 Å². The van der Waals surface area contributed by atoms with E-state index in [9.17, 15) is 0 Å². The Bertz CT molecular complexity index is 773. The maximum Gasteiger partial charge on any atom is 0.145 e. The summed E-state index contributed by atoms with van der Waals surface area (Å²) in [5, 5.41) is 0.883. The van der Waals surface area contributed by atoms with Crippen LogP contribution in [-0.2, 0) is 7.05 Å². The second-order valence-corrected chi connectivity index (χ2v) is 4.68. The van der Waals surface area contributed by atoms with Crippen molar-refractivity contribution >= 4 is 22.5 Å². The zero-order valence-electron chi connectivity index (χ0n) is 10.9. The number of nitrogens with zero attached hydrogens (tertiary/aromatic N) is 3. The van der Waals surface area contributed by atoms with Crippen LogP contribution in [0.25, 0.3) is 22.2 Å². The van der Waals surface area contributed by atoms with Crippen molar-refractivity contribution < 1.29 is 0 Å². The third kappa shape index (κ3) is 1.71. The van der Waals surface area contributed by atoms with Crippen molar-refractivity contribution in [2.24, 2.45) is 7.05 Å². The first kappa shape index (κ1) is 11.5. The Labute approximate surface area is 110 Å². The predicted molar refractivity (Wildman–Crippen MR) is 77.5 cm³/mol. The van der Waals surface area contributed by atoms with Crippen LogP contribution in [0.1, 0.15) is 5.56 Å². The fraction of sp³-hybridized carbons (Fsp3) is 0.143. The molecule has 2 heterocycles. The third-order valence-corrected chi connectivity index (χ3v) is 3.36. The molecule has 19 heavy (non-hydrogen) atoms. The first-order valence-corrected chi connectivity index (χ1v) is 6.00. The summed E-state index contributed by atoms with van der Waals surface area (Å²) in [5.41, 5.74) is 16.6. The van der Waals surface area contributed by atoms with Gasteiger partial charge in [-0.15, -0.1) is 0 Å². The van der Waals surface area contributed by atoms with Gasteiger partial charge >= 0.3 is 0 Å². The minimum atomic E-state index is 0.495. The summed E-state index contributed by atoms with van der Waals surface area (Å²) in [7, 11) is 1.95. The summed E-state index contributed by atoms with van der Waals surface area (Å²) < 4.78 is 1.95. The summed E-state index contributed by atoms with van der Waals surface area (Å²) in [6.07, 6.45) is 3.50. The zero-order chi connectivity index (χ0) is 13.6. The van der Waals surface area contributed by atoms with Crippen LogP contribution in [0.3, 0.4) is 0 Å². The second kappa shape index (κ2) is 3.98. The molecule has 0 saturated heterocycles. The van der Waals surface area contributed by atoms with E-state index in [-0.39, 0.29) is 0 Å². The Morgan fingerprint density at radius 1 is 1.16 bits per heavy atom. The van der Waals surface area contributed by atoms with Gasteiger partial charge in [0.1, 0.15) is 17.8 Å². The maximum atomic E-state index is 5.99. The number of benzene rings is 1. The van der Waals surface area contributed by atoms with Crippen molar-refractivity contribution in [3.05, 3.63) is 36.3 Å². The highest BCUT2D eigenvalue weighted by Crippen LogP contribution is 2.33. The molecule has 0 aliphatic rings. The normalized spacial score (nSPS) is 11.1. The van der Waals surface area contributed by atoms with Gasteiger partial charge in [0.05, 0.1) is 5.39 Å². The molecule has 4 N–H and O–H groups in total. The maximum absolute atomic E-state index is 5.99. The highest BCUT2D eigenvalue weighted by Gasteiger charge is 2.13. The van der Waals surface area contributed by atoms with Crippen molar-refractivity contribution in [2.45, 2.75) is 6.92 Å². The summed E-state index contributed by atoms with van der Waals surface area (Å²) in [6.45, 7) is 1.99. The SMILES string of the molecule is Cc1cc(-c2cn(C)c3ncnc(N)c23)ccc1N. The van der Waals surface area contributed by atoms with Gasteiger partial charge in [0.2, 0.25) is 0 Å². The summed E-state index contributed by atoms with van der Waals surface area (Å²) in [6, 6.07) is 5.95. The standard InChI is InChI=1S/C14H15N5/c1-8-5-9(3-4-11(8)15)10-6-19(2)14-12(10)13(16)17-7-18-14/h3-7H,15H2,1-2H3,(H2,16,17,18). The van der Waals surface area contributed by atoms with Crippen LogP contribution in [0.5, 0.6) is 0 Å². The molecule has 5 nitrogen and oxygen atoms in total. The first-order chi connectivity index (χ1) is 9.08. The van der Waals surface area contributed by atoms with Crippen molar-refractivity contribution in [1.29, 1.82) is 0 Å². The van der Waals surface area contributed by atoms with E-state index in [4.69, 9.17) is 11.5 Å². The molecule has 5 heteroatoms. The van der Waals surface area contributed by atoms with E-state index in [1.165, 1.54) is 6.33 Å². The number of hydrogen-bond donors (Lipinski definition) is 2. The average Bonchev–Trinajstić information content (AvgIpc) is 2.72. The number of anilines is 2. The van der Waals surface area contributed by atoms with E-state index in [2.05, 4.69) is 16.0 Å². The van der Waals surface area contributed by atoms with Gasteiger partial charge in [0, 0.05) is 24.5 Å². The average molecular weight is 253 g/mol. The van der Waals surface area contributed by atoms with E-state index in [1.807, 2.05) is 36.9 Å². The Morgan fingerprint density at radius 2 is 1.95 bits per heavy atom. The predicted octanol–water partition coefficient (Wildman–Crippen LogP) is 2.11. The Hall–Kier alpha value is -2.56. The molecular formula is C14H15N5. The second-order valence-electron chi connectivity index (χ2n) is 4.68. The van der Waals surface area contributed by atoms with E-state index < -0.39 is 0 Å². The number of nitrogens with two attached hydrogens (primary N) is 2. The zero-order valence-corrected chi connectivity index (χ0v) is 10.9. The quantitative estimate of drug-likeness (QED) is 0.651. The summed E-state index contributed by atoms with van der Waals surface area (Å²) in [4.78, 5) is 8.35. The Kier molecular flexibility index (Phi) is 2.41. The van der Waals surface area contributed by atoms with E-state index in [0.717, 1.165) is 33.4 Å². The molecule has 3 rings (SSSR count). The van der Waals surface area contributed by atoms with Gasteiger partial charge in [0.25, 0.3) is 0 Å². The lowest BCUT2D eigenvalue weighted by Gasteiger charge is -2.04. The van der Waals surface area contributed by atoms with Crippen LogP contribution in [0, 0.1) is 6.92 Å². The lowest BCUT2D eigenvalue weighted by Crippen LogP contribution is -1.94. The topological polar surface area (TPSA) is 82.8 Å². The molecule has 0 unspecified atom stereocenters. The van der Waals surface area contributed by atoms with Crippen LogP contribution < -0.4 is 11.5 Å². The van der Waals surface area contributed by atoms with E-state index in [0.29, 0.717) is 5.82 Å². The monoisotopic (exact) mass is 253 g/mol. The summed E-state index contributed by atoms with van der Waals surface area (Å²) in [5.74, 6) is 0.495. The molecule has 0 aliphatic carbocycles. The van der Waals surface area contributed by atoms with Crippen LogP contribution in [-0.4, -0.2) is 14.5 Å². The molecule has 0 radical (unpaired) electrons. The molecule has 0 amide bonds. The number of fused-ring (bicyclic) bond motifs is 1. The fourth-order valence-corrected chi connectivity index (χ4v) is 2.30. The van der Waals surface area contributed by atoms with Crippen molar-refractivity contribution in [2.75, 3.05) is 11.5 Å². The highest BCUT2D eigenvalue weighted by molar-refractivity contribution is 6.00. The van der Waals surface area contributed by atoms with E-state index in [1.54, 1.807) is 0 Å². The van der Waals surface area contributed by atoms with Gasteiger partial charge in [-0.3, -0.25) is 0 Å². The van der Waals surface area contributed by atoms with Gasteiger partial charge in [-0.05, 0) is 30.2 Å². The smallest absolute Gasteiger partial charge is 0.145 e. The first-order valence-electron chi connectivity index (χ1n) is 6.00. The van der Waals surface area contributed by atoms with Crippen molar-refractivity contribution in [1.82, 2.24) is 14.5 Å². The molecule has 0 spiro atoms. The number of hydrogen-bond acceptors (Lipinski definition) is 4. The van der Waals surface area contributed by atoms with Gasteiger partial charge in [-0.25, -0.2) is 9.97 Å². The van der Waals surface area contributed by atoms with Crippen LogP contribution in [0.2, 0.25) is 0 Å². The minimum Gasteiger partial charge on any atom is -0.399 e. The largest absolute Gasteiger partial charge is 0.399 e. The van der Waals surface area contributed by atoms with Gasteiger partial charge in [-0.1, -0.05) is 6.07 Å². The van der Waals surface area contributed by atoms with Crippen molar-refractivity contribution in [3.63, 3.8) is 0 Å². The van der Waals surface area contributed by atoms with Crippen LogP contribution >= 0.6 is 0 Å². The molecule has 1 aromatic carbocycles. The molecule has 0 aliphatic heterocycles. The Morgan fingerprint density at radius 3 is 2.68 bits per heavy atom. The number of nitrogen functional groups attached to an aromatic ring is 2. The number of aryl methyl sites for hydroxylation is 2. The third-order valence-electron chi connectivity index (χ3n) is 3.36. The molecular weight excluding hydrogens is 238 g/mol. The fourth-order valence-electron chi connectivity index (χ4n) is 2.30. The van der Waals surface area contributed by atoms with E-state index >= 15 is 0 Å². The van der Waals surface area contributed by atoms with Gasteiger partial charge < -0.3 is 16.0 Å². The van der Waals surface area contributed by atoms with Crippen molar-refractivity contribution in [3.8, 4) is 11.1 Å². The molecule has 0 atom stereocenters. The lowest BCUT2D eigenvalue weighted by molar-refractivity contribution is 0.945. The minimum absolute atomic E-state index is 0.495. The van der Waals surface area contributed by atoms with Crippen LogP contribution in [0.4, 0.5) is 11.5 Å².